The van der Waals surface area contributed by atoms with Crippen molar-refractivity contribution in [2.45, 2.75) is 0 Å². The number of nitrogens with one attached hydrogen (secondary N) is 1. The molecule has 0 atom stereocenters. The lowest BCUT2D eigenvalue weighted by molar-refractivity contribution is 1.31. The highest BCUT2D eigenvalue weighted by atomic mass is 127. The summed E-state index contributed by atoms with van der Waals surface area (Å²) >= 11 is 2.27. The first-order valence-corrected chi connectivity index (χ1v) is 5.56. The fraction of sp³-hybridized carbons (Fsp3) is 0. The molecule has 4 heteroatoms. The molecule has 1 heterocycles. The highest BCUT2D eigenvalue weighted by molar-refractivity contribution is 14.1. The van der Waals surface area contributed by atoms with E-state index in [2.05, 4.69) is 32.9 Å². The van der Waals surface area contributed by atoms with Crippen LogP contribution in [-0.4, -0.2) is 4.98 Å². The monoisotopic (exact) mass is 311 g/mol. The Morgan fingerprint density at radius 3 is 2.80 bits per heavy atom. The van der Waals surface area contributed by atoms with E-state index in [9.17, 15) is 0 Å². The maximum absolute atomic E-state index is 5.78. The van der Waals surface area contributed by atoms with Crippen molar-refractivity contribution in [1.29, 1.82) is 0 Å². The van der Waals surface area contributed by atoms with Crippen LogP contribution in [0.4, 0.5) is 17.2 Å². The molecule has 2 rings (SSSR count). The van der Waals surface area contributed by atoms with Crippen molar-refractivity contribution in [2.24, 2.45) is 0 Å². The Hall–Kier alpha value is -1.30. The Labute approximate surface area is 102 Å². The molecule has 0 unspecified atom stereocenters. The van der Waals surface area contributed by atoms with Crippen molar-refractivity contribution < 1.29 is 0 Å². The number of nitrogens with zero attached hydrogens (tertiary/aromatic N) is 1. The fourth-order valence-corrected chi connectivity index (χ4v) is 1.77. The Morgan fingerprint density at radius 1 is 1.20 bits per heavy atom. The molecule has 0 radical (unpaired) electrons. The van der Waals surface area contributed by atoms with Gasteiger partial charge in [-0.1, -0.05) is 6.07 Å². The highest BCUT2D eigenvalue weighted by Gasteiger charge is 1.99. The van der Waals surface area contributed by atoms with Crippen LogP contribution in [0.3, 0.4) is 0 Å². The number of anilines is 3. The maximum atomic E-state index is 5.78. The number of benzene rings is 1. The van der Waals surface area contributed by atoms with Gasteiger partial charge in [-0.3, -0.25) is 0 Å². The maximum Gasteiger partial charge on any atom is 0.153 e. The van der Waals surface area contributed by atoms with Gasteiger partial charge < -0.3 is 11.1 Å². The van der Waals surface area contributed by atoms with Crippen molar-refractivity contribution >= 4 is 39.8 Å². The van der Waals surface area contributed by atoms with Crippen molar-refractivity contribution in [3.63, 3.8) is 0 Å². The minimum Gasteiger partial charge on any atom is -0.396 e. The zero-order chi connectivity index (χ0) is 10.7. The average Bonchev–Trinajstić information content (AvgIpc) is 2.22. The quantitative estimate of drug-likeness (QED) is 0.838. The first-order valence-electron chi connectivity index (χ1n) is 4.49. The molecule has 0 saturated carbocycles. The Morgan fingerprint density at radius 2 is 2.07 bits per heavy atom. The minimum absolute atomic E-state index is 0.649. The van der Waals surface area contributed by atoms with E-state index < -0.39 is 0 Å². The second-order valence-corrected chi connectivity index (χ2v) is 4.32. The van der Waals surface area contributed by atoms with Crippen LogP contribution < -0.4 is 11.1 Å². The minimum atomic E-state index is 0.649. The molecule has 3 N–H and O–H groups in total. The van der Waals surface area contributed by atoms with Crippen molar-refractivity contribution in [3.8, 4) is 0 Å². The van der Waals surface area contributed by atoms with E-state index in [-0.39, 0.29) is 0 Å². The lowest BCUT2D eigenvalue weighted by Crippen LogP contribution is -1.98. The lowest BCUT2D eigenvalue weighted by Gasteiger charge is -2.07. The van der Waals surface area contributed by atoms with Crippen LogP contribution in [0.25, 0.3) is 0 Å². The largest absolute Gasteiger partial charge is 0.396 e. The molecule has 0 fully saturated rings. The molecule has 0 aliphatic heterocycles. The number of hydrogen-bond donors (Lipinski definition) is 2. The number of nitrogens with two attached hydrogens (primary N) is 1. The van der Waals surface area contributed by atoms with E-state index in [0.717, 1.165) is 5.69 Å². The Bertz CT molecular complexity index is 471. The molecular weight excluding hydrogens is 301 g/mol. The first-order chi connectivity index (χ1) is 7.25. The van der Waals surface area contributed by atoms with E-state index >= 15 is 0 Å². The summed E-state index contributed by atoms with van der Waals surface area (Å²) in [7, 11) is 0. The zero-order valence-corrected chi connectivity index (χ0v) is 10.1. The van der Waals surface area contributed by atoms with Gasteiger partial charge in [0.2, 0.25) is 0 Å². The Kier molecular flexibility index (Phi) is 3.05. The second kappa shape index (κ2) is 4.48. The van der Waals surface area contributed by atoms with Crippen molar-refractivity contribution in [3.05, 3.63) is 46.2 Å². The van der Waals surface area contributed by atoms with Gasteiger partial charge in [-0.2, -0.15) is 0 Å². The molecule has 0 amide bonds. The number of hydrogen-bond acceptors (Lipinski definition) is 3. The van der Waals surface area contributed by atoms with Crippen LogP contribution in [0.5, 0.6) is 0 Å². The van der Waals surface area contributed by atoms with Crippen molar-refractivity contribution in [2.75, 3.05) is 11.1 Å². The van der Waals surface area contributed by atoms with E-state index in [1.807, 2.05) is 36.4 Å². The topological polar surface area (TPSA) is 50.9 Å². The number of halogens is 1. The van der Waals surface area contributed by atoms with Crippen LogP contribution in [0.2, 0.25) is 0 Å². The molecule has 0 bridgehead atoms. The summed E-state index contributed by atoms with van der Waals surface area (Å²) < 4.78 is 1.17. The summed E-state index contributed by atoms with van der Waals surface area (Å²) in [5.41, 5.74) is 7.42. The lowest BCUT2D eigenvalue weighted by atomic mass is 10.3. The van der Waals surface area contributed by atoms with Gasteiger partial charge in [-0.25, -0.2) is 4.98 Å². The highest BCUT2D eigenvalue weighted by Crippen LogP contribution is 2.20. The smallest absolute Gasteiger partial charge is 0.153 e. The van der Waals surface area contributed by atoms with Crippen LogP contribution in [0.15, 0.2) is 42.6 Å². The van der Waals surface area contributed by atoms with Gasteiger partial charge in [0.1, 0.15) is 0 Å². The normalized spacial score (nSPS) is 9.93. The number of pyridine rings is 1. The standard InChI is InChI=1S/C11H10IN3/c12-8-3-1-4-9(7-8)15-11-10(13)5-2-6-14-11/h1-7H,13H2,(H,14,15). The molecule has 1 aromatic heterocycles. The summed E-state index contributed by atoms with van der Waals surface area (Å²) in [6.45, 7) is 0. The molecule has 0 aliphatic carbocycles. The molecule has 0 spiro atoms. The summed E-state index contributed by atoms with van der Waals surface area (Å²) in [6, 6.07) is 11.7. The third kappa shape index (κ3) is 2.59. The molecule has 76 valence electrons. The van der Waals surface area contributed by atoms with Gasteiger partial charge in [-0.05, 0) is 52.9 Å². The molecule has 3 nitrogen and oxygen atoms in total. The molecule has 0 saturated heterocycles. The van der Waals surface area contributed by atoms with Crippen LogP contribution in [-0.2, 0) is 0 Å². The van der Waals surface area contributed by atoms with E-state index in [1.54, 1.807) is 6.20 Å². The van der Waals surface area contributed by atoms with Crippen LogP contribution in [0, 0.1) is 3.57 Å². The number of aromatic nitrogens is 1. The summed E-state index contributed by atoms with van der Waals surface area (Å²) in [5.74, 6) is 0.694. The SMILES string of the molecule is Nc1cccnc1Nc1cccc(I)c1. The predicted octanol–water partition coefficient (Wildman–Crippen LogP) is 3.01. The fourth-order valence-electron chi connectivity index (χ4n) is 1.23. The molecule has 15 heavy (non-hydrogen) atoms. The molecule has 0 aliphatic rings. The zero-order valence-electron chi connectivity index (χ0n) is 7.94. The van der Waals surface area contributed by atoms with Gasteiger partial charge in [0.15, 0.2) is 5.82 Å². The second-order valence-electron chi connectivity index (χ2n) is 3.08. The van der Waals surface area contributed by atoms with Crippen LogP contribution >= 0.6 is 22.6 Å². The van der Waals surface area contributed by atoms with E-state index in [0.29, 0.717) is 11.5 Å². The third-order valence-electron chi connectivity index (χ3n) is 1.93. The molecular formula is C11H10IN3. The summed E-state index contributed by atoms with van der Waals surface area (Å²) in [4.78, 5) is 4.16. The van der Waals surface area contributed by atoms with Crippen molar-refractivity contribution in [1.82, 2.24) is 4.98 Å². The number of nitrogen functional groups attached to an aromatic ring is 1. The molecule has 2 aromatic rings. The van der Waals surface area contributed by atoms with Gasteiger partial charge in [0.05, 0.1) is 5.69 Å². The summed E-state index contributed by atoms with van der Waals surface area (Å²) in [6.07, 6.45) is 1.71. The third-order valence-corrected chi connectivity index (χ3v) is 2.60. The van der Waals surface area contributed by atoms with Gasteiger partial charge in [0.25, 0.3) is 0 Å². The van der Waals surface area contributed by atoms with E-state index in [1.165, 1.54) is 3.57 Å². The first kappa shape index (κ1) is 10.2. The predicted molar refractivity (Wildman–Crippen MR) is 71.1 cm³/mol. The Balaban J connectivity index is 2.26. The summed E-state index contributed by atoms with van der Waals surface area (Å²) in [5, 5.41) is 3.17. The average molecular weight is 311 g/mol. The van der Waals surface area contributed by atoms with E-state index in [4.69, 9.17) is 5.73 Å². The number of rotatable bonds is 2. The molecule has 1 aromatic carbocycles. The van der Waals surface area contributed by atoms with Gasteiger partial charge in [0, 0.05) is 15.5 Å². The van der Waals surface area contributed by atoms with Crippen LogP contribution in [0.1, 0.15) is 0 Å². The van der Waals surface area contributed by atoms with Gasteiger partial charge >= 0.3 is 0 Å². The van der Waals surface area contributed by atoms with Gasteiger partial charge in [-0.15, -0.1) is 0 Å².